The number of rotatable bonds is 1. The zero-order valence-corrected chi connectivity index (χ0v) is 3.63. The normalized spacial score (nSPS) is 9.29. The highest BCUT2D eigenvalue weighted by atomic mass is 16.5. The Morgan fingerprint density at radius 3 is 3.00 bits per heavy atom. The fourth-order valence-electron chi connectivity index (χ4n) is 0.339. The maximum absolute atomic E-state index is 8.23. The standard InChI is InChI=1S/C3H5N3O/c7-6-3-1-2-4-5-3/h1-2,7H,(H2,4,5,6)/p+1. The lowest BCUT2D eigenvalue weighted by molar-refractivity contribution is -0.828. The molecule has 0 atom stereocenters. The first-order chi connectivity index (χ1) is 3.43. The molecule has 4 heteroatoms. The molecule has 0 aromatic carbocycles. The van der Waals surface area contributed by atoms with E-state index in [1.807, 2.05) is 0 Å². The summed E-state index contributed by atoms with van der Waals surface area (Å²) in [7, 11) is 0. The summed E-state index contributed by atoms with van der Waals surface area (Å²) in [6, 6.07) is 1.67. The molecular weight excluding hydrogens is 94.1 g/mol. The largest absolute Gasteiger partial charge is 0.252 e. The number of quaternary nitrogens is 1. The summed E-state index contributed by atoms with van der Waals surface area (Å²) in [5, 5.41) is 14.3. The van der Waals surface area contributed by atoms with Crippen molar-refractivity contribution in [2.24, 2.45) is 0 Å². The second-order valence-electron chi connectivity index (χ2n) is 1.14. The van der Waals surface area contributed by atoms with Gasteiger partial charge in [-0.3, -0.25) is 0 Å². The van der Waals surface area contributed by atoms with Crippen molar-refractivity contribution >= 4 is 5.82 Å². The summed E-state index contributed by atoms with van der Waals surface area (Å²) in [5.74, 6) is 0.625. The lowest BCUT2D eigenvalue weighted by Crippen LogP contribution is -2.74. The van der Waals surface area contributed by atoms with E-state index in [4.69, 9.17) is 5.21 Å². The number of aromatic amines is 1. The maximum Gasteiger partial charge on any atom is 0.252 e. The molecule has 4 N–H and O–H groups in total. The minimum Gasteiger partial charge on any atom is -0.229 e. The highest BCUT2D eigenvalue weighted by Gasteiger charge is 1.88. The fourth-order valence-corrected chi connectivity index (χ4v) is 0.339. The first-order valence-corrected chi connectivity index (χ1v) is 1.90. The molecule has 0 amide bonds. The molecule has 38 valence electrons. The molecule has 1 aromatic heterocycles. The van der Waals surface area contributed by atoms with Crippen LogP contribution in [-0.2, 0) is 0 Å². The van der Waals surface area contributed by atoms with Crippen LogP contribution in [0, 0.1) is 0 Å². The van der Waals surface area contributed by atoms with Gasteiger partial charge < -0.3 is 0 Å². The number of nitrogens with one attached hydrogen (secondary N) is 1. The summed E-state index contributed by atoms with van der Waals surface area (Å²) in [6.07, 6.45) is 1.57. The molecule has 0 fully saturated rings. The minimum atomic E-state index is 0.625. The van der Waals surface area contributed by atoms with Gasteiger partial charge in [-0.25, -0.2) is 10.3 Å². The van der Waals surface area contributed by atoms with Crippen LogP contribution >= 0.6 is 0 Å². The van der Waals surface area contributed by atoms with Gasteiger partial charge >= 0.3 is 0 Å². The number of aromatic nitrogens is 2. The number of nitrogens with zero attached hydrogens (tertiary/aromatic N) is 1. The molecule has 0 aliphatic heterocycles. The van der Waals surface area contributed by atoms with Gasteiger partial charge in [0.1, 0.15) is 0 Å². The Balaban J connectivity index is 2.76. The van der Waals surface area contributed by atoms with E-state index in [0.717, 1.165) is 5.48 Å². The summed E-state index contributed by atoms with van der Waals surface area (Å²) in [5.41, 5.74) is 0.965. The van der Waals surface area contributed by atoms with Crippen LogP contribution in [0.2, 0.25) is 0 Å². The van der Waals surface area contributed by atoms with Gasteiger partial charge in [0.2, 0.25) is 0 Å². The average Bonchev–Trinajstić information content (AvgIpc) is 2.14. The van der Waals surface area contributed by atoms with E-state index in [1.54, 1.807) is 12.3 Å². The van der Waals surface area contributed by atoms with Crippen LogP contribution in [0.1, 0.15) is 0 Å². The minimum absolute atomic E-state index is 0.625. The van der Waals surface area contributed by atoms with Crippen molar-refractivity contribution in [3.8, 4) is 0 Å². The molecule has 0 aliphatic rings. The molecular formula is C3H6N3O+. The van der Waals surface area contributed by atoms with Crippen LogP contribution in [0.3, 0.4) is 0 Å². The predicted octanol–water partition coefficient (Wildman–Crippen LogP) is -1.01. The first kappa shape index (κ1) is 4.29. The van der Waals surface area contributed by atoms with Crippen LogP contribution in [0.15, 0.2) is 12.3 Å². The van der Waals surface area contributed by atoms with E-state index < -0.39 is 0 Å². The van der Waals surface area contributed by atoms with Crippen molar-refractivity contribution in [1.29, 1.82) is 0 Å². The zero-order chi connectivity index (χ0) is 5.11. The van der Waals surface area contributed by atoms with Crippen LogP contribution in [0.5, 0.6) is 0 Å². The Labute approximate surface area is 40.1 Å². The number of hydrogen-bond donors (Lipinski definition) is 3. The van der Waals surface area contributed by atoms with E-state index in [2.05, 4.69) is 10.2 Å². The molecule has 7 heavy (non-hydrogen) atoms. The lowest BCUT2D eigenvalue weighted by atomic mass is 10.7. The molecule has 0 saturated heterocycles. The van der Waals surface area contributed by atoms with Gasteiger partial charge in [0.25, 0.3) is 5.82 Å². The molecule has 4 nitrogen and oxygen atoms in total. The Morgan fingerprint density at radius 2 is 2.71 bits per heavy atom. The van der Waals surface area contributed by atoms with Gasteiger partial charge in [-0.2, -0.15) is 10.6 Å². The predicted molar refractivity (Wildman–Crippen MR) is 22.0 cm³/mol. The number of H-pyrrole nitrogens is 1. The fraction of sp³-hybridized carbons (Fsp3) is 0. The third kappa shape index (κ3) is 0.760. The van der Waals surface area contributed by atoms with E-state index >= 15 is 0 Å². The van der Waals surface area contributed by atoms with E-state index in [0.29, 0.717) is 5.82 Å². The van der Waals surface area contributed by atoms with Crippen molar-refractivity contribution in [2.45, 2.75) is 0 Å². The highest BCUT2D eigenvalue weighted by molar-refractivity contribution is 5.09. The second-order valence-corrected chi connectivity index (χ2v) is 1.14. The maximum atomic E-state index is 8.23. The molecule has 0 unspecified atom stereocenters. The van der Waals surface area contributed by atoms with Gasteiger partial charge in [-0.15, -0.1) is 0 Å². The Morgan fingerprint density at radius 1 is 1.86 bits per heavy atom. The molecule has 1 aromatic rings. The lowest BCUT2D eigenvalue weighted by Gasteiger charge is -1.76. The van der Waals surface area contributed by atoms with Gasteiger partial charge in [-0.1, -0.05) is 0 Å². The van der Waals surface area contributed by atoms with E-state index in [1.165, 1.54) is 0 Å². The first-order valence-electron chi connectivity index (χ1n) is 1.90. The average molecular weight is 100 g/mol. The zero-order valence-electron chi connectivity index (χ0n) is 3.63. The molecule has 0 spiro atoms. The van der Waals surface area contributed by atoms with Crippen LogP contribution < -0.4 is 5.48 Å². The smallest absolute Gasteiger partial charge is 0.229 e. The van der Waals surface area contributed by atoms with Gasteiger partial charge in [-0.05, 0) is 0 Å². The second kappa shape index (κ2) is 1.72. The topological polar surface area (TPSA) is 65.5 Å². The van der Waals surface area contributed by atoms with Crippen LogP contribution in [-0.4, -0.2) is 15.4 Å². The quantitative estimate of drug-likeness (QED) is 0.396. The molecule has 1 rings (SSSR count). The molecule has 0 radical (unpaired) electrons. The summed E-state index contributed by atoms with van der Waals surface area (Å²) >= 11 is 0. The Kier molecular flexibility index (Phi) is 1.06. The van der Waals surface area contributed by atoms with Crippen LogP contribution in [0.25, 0.3) is 0 Å². The molecule has 0 aliphatic carbocycles. The molecule has 0 saturated carbocycles. The van der Waals surface area contributed by atoms with Crippen molar-refractivity contribution in [2.75, 3.05) is 0 Å². The van der Waals surface area contributed by atoms with Gasteiger partial charge in [0.15, 0.2) is 0 Å². The summed E-state index contributed by atoms with van der Waals surface area (Å²) in [6.45, 7) is 0. The number of nitrogens with two attached hydrogens (primary N) is 1. The van der Waals surface area contributed by atoms with Crippen molar-refractivity contribution in [1.82, 2.24) is 10.2 Å². The monoisotopic (exact) mass is 100 g/mol. The third-order valence-electron chi connectivity index (χ3n) is 0.661. The SMILES string of the molecule is O[NH2+]c1ccn[nH]1. The highest BCUT2D eigenvalue weighted by Crippen LogP contribution is 1.84. The Bertz CT molecular complexity index is 125. The van der Waals surface area contributed by atoms with Gasteiger partial charge in [0, 0.05) is 6.07 Å². The molecule has 1 heterocycles. The van der Waals surface area contributed by atoms with Gasteiger partial charge in [0.05, 0.1) is 6.20 Å². The van der Waals surface area contributed by atoms with Crippen molar-refractivity contribution in [3.63, 3.8) is 0 Å². The van der Waals surface area contributed by atoms with E-state index in [9.17, 15) is 0 Å². The van der Waals surface area contributed by atoms with Crippen molar-refractivity contribution in [3.05, 3.63) is 12.3 Å². The Hall–Kier alpha value is -0.870. The van der Waals surface area contributed by atoms with Crippen LogP contribution in [0.4, 0.5) is 5.82 Å². The summed E-state index contributed by atoms with van der Waals surface area (Å²) < 4.78 is 0. The third-order valence-corrected chi connectivity index (χ3v) is 0.661. The molecule has 0 bridgehead atoms. The number of hydrogen-bond acceptors (Lipinski definition) is 2. The van der Waals surface area contributed by atoms with E-state index in [-0.39, 0.29) is 0 Å². The summed E-state index contributed by atoms with van der Waals surface area (Å²) in [4.78, 5) is 0. The van der Waals surface area contributed by atoms with Crippen molar-refractivity contribution < 1.29 is 10.7 Å².